The van der Waals surface area contributed by atoms with Crippen LogP contribution in [0.1, 0.15) is 81.1 Å². The summed E-state index contributed by atoms with van der Waals surface area (Å²) in [6.07, 6.45) is 5.11. The lowest BCUT2D eigenvalue weighted by atomic mass is 9.72. The Kier molecular flexibility index (Phi) is 6.57. The minimum absolute atomic E-state index is 0.00337. The van der Waals surface area contributed by atoms with E-state index >= 15 is 0 Å². The van der Waals surface area contributed by atoms with Crippen molar-refractivity contribution in [1.29, 1.82) is 0 Å². The first-order valence-corrected chi connectivity index (χ1v) is 9.41. The minimum atomic E-state index is -0.00337. The summed E-state index contributed by atoms with van der Waals surface area (Å²) in [7, 11) is 2.16. The molecule has 0 N–H and O–H groups in total. The van der Waals surface area contributed by atoms with E-state index in [1.54, 1.807) is 0 Å². The standard InChI is InChI=1S/C20H41N3/c1-10-19(5,6)16-20(7,8)12-11-13-23-15-14-22(9)17(23)21-18(2,3)4/h10-16H2,1-9H3/b21-17+. The second-order valence-corrected chi connectivity index (χ2v) is 9.95. The van der Waals surface area contributed by atoms with Gasteiger partial charge in [-0.05, 0) is 50.9 Å². The number of likely N-dealkylation sites (N-methyl/N-ethyl adjacent to an activating group) is 1. The molecule has 0 amide bonds. The van der Waals surface area contributed by atoms with Gasteiger partial charge in [-0.15, -0.1) is 0 Å². The number of nitrogens with zero attached hydrogens (tertiary/aromatic N) is 3. The maximum Gasteiger partial charge on any atom is 0.196 e. The van der Waals surface area contributed by atoms with Gasteiger partial charge in [0.25, 0.3) is 0 Å². The van der Waals surface area contributed by atoms with E-state index in [-0.39, 0.29) is 5.54 Å². The van der Waals surface area contributed by atoms with Crippen molar-refractivity contribution in [1.82, 2.24) is 9.80 Å². The molecule has 0 aliphatic carbocycles. The molecular weight excluding hydrogens is 282 g/mol. The van der Waals surface area contributed by atoms with E-state index in [9.17, 15) is 0 Å². The monoisotopic (exact) mass is 323 g/mol. The topological polar surface area (TPSA) is 18.8 Å². The van der Waals surface area contributed by atoms with E-state index in [0.29, 0.717) is 10.8 Å². The van der Waals surface area contributed by atoms with E-state index < -0.39 is 0 Å². The first-order chi connectivity index (χ1) is 10.4. The van der Waals surface area contributed by atoms with Crippen LogP contribution >= 0.6 is 0 Å². The summed E-state index contributed by atoms with van der Waals surface area (Å²) in [5.41, 5.74) is 0.874. The highest BCUT2D eigenvalue weighted by atomic mass is 15.4. The van der Waals surface area contributed by atoms with Crippen LogP contribution in [0.2, 0.25) is 0 Å². The van der Waals surface area contributed by atoms with E-state index in [2.05, 4.69) is 72.2 Å². The number of hydrogen-bond acceptors (Lipinski definition) is 1. The molecule has 0 aromatic heterocycles. The number of aliphatic imine (C=N–C) groups is 1. The molecule has 0 bridgehead atoms. The Morgan fingerprint density at radius 2 is 1.57 bits per heavy atom. The molecule has 136 valence electrons. The van der Waals surface area contributed by atoms with Crippen LogP contribution in [0.3, 0.4) is 0 Å². The van der Waals surface area contributed by atoms with Gasteiger partial charge in [-0.1, -0.05) is 41.0 Å². The molecule has 0 aromatic rings. The van der Waals surface area contributed by atoms with E-state index in [1.165, 1.54) is 31.6 Å². The van der Waals surface area contributed by atoms with E-state index in [0.717, 1.165) is 19.6 Å². The zero-order valence-corrected chi connectivity index (χ0v) is 17.3. The summed E-state index contributed by atoms with van der Waals surface area (Å²) in [6.45, 7) is 21.9. The highest BCUT2D eigenvalue weighted by Crippen LogP contribution is 2.38. The van der Waals surface area contributed by atoms with E-state index in [1.807, 2.05) is 0 Å². The molecule has 0 atom stereocenters. The molecule has 1 heterocycles. The fourth-order valence-corrected chi connectivity index (χ4v) is 3.64. The zero-order chi connectivity index (χ0) is 17.9. The average molecular weight is 324 g/mol. The van der Waals surface area contributed by atoms with Crippen molar-refractivity contribution < 1.29 is 0 Å². The van der Waals surface area contributed by atoms with Crippen molar-refractivity contribution in [2.75, 3.05) is 26.7 Å². The molecule has 23 heavy (non-hydrogen) atoms. The zero-order valence-electron chi connectivity index (χ0n) is 17.3. The van der Waals surface area contributed by atoms with Crippen molar-refractivity contribution >= 4 is 5.96 Å². The van der Waals surface area contributed by atoms with Gasteiger partial charge in [-0.3, -0.25) is 0 Å². The highest BCUT2D eigenvalue weighted by molar-refractivity contribution is 5.82. The van der Waals surface area contributed by atoms with Crippen molar-refractivity contribution in [3.8, 4) is 0 Å². The Hall–Kier alpha value is -0.730. The van der Waals surface area contributed by atoms with Crippen LogP contribution in [0, 0.1) is 10.8 Å². The van der Waals surface area contributed by atoms with Gasteiger partial charge < -0.3 is 9.80 Å². The summed E-state index contributed by atoms with van der Waals surface area (Å²) in [5.74, 6) is 1.18. The fourth-order valence-electron chi connectivity index (χ4n) is 3.64. The molecule has 1 aliphatic heterocycles. The van der Waals surface area contributed by atoms with Crippen LogP contribution < -0.4 is 0 Å². The smallest absolute Gasteiger partial charge is 0.196 e. The van der Waals surface area contributed by atoms with Gasteiger partial charge in [0, 0.05) is 26.7 Å². The summed E-state index contributed by atoms with van der Waals surface area (Å²) >= 11 is 0. The van der Waals surface area contributed by atoms with Gasteiger partial charge in [0.15, 0.2) is 5.96 Å². The number of guanidine groups is 1. The first kappa shape index (κ1) is 20.3. The number of hydrogen-bond donors (Lipinski definition) is 0. The van der Waals surface area contributed by atoms with Gasteiger partial charge in [0.1, 0.15) is 0 Å². The Morgan fingerprint density at radius 1 is 0.957 bits per heavy atom. The van der Waals surface area contributed by atoms with Gasteiger partial charge in [-0.2, -0.15) is 0 Å². The lowest BCUT2D eigenvalue weighted by Crippen LogP contribution is -2.35. The fraction of sp³-hybridized carbons (Fsp3) is 0.950. The number of rotatable bonds is 7. The molecule has 1 aliphatic rings. The lowest BCUT2D eigenvalue weighted by molar-refractivity contribution is 0.171. The third kappa shape index (κ3) is 7.14. The summed E-state index contributed by atoms with van der Waals surface area (Å²) in [4.78, 5) is 9.71. The molecular formula is C20H41N3. The first-order valence-electron chi connectivity index (χ1n) is 9.41. The molecule has 0 radical (unpaired) electrons. The summed E-state index contributed by atoms with van der Waals surface area (Å²) in [5, 5.41) is 0. The van der Waals surface area contributed by atoms with Gasteiger partial charge in [-0.25, -0.2) is 4.99 Å². The SMILES string of the molecule is CCC(C)(C)CC(C)(C)CCCN1CCN(C)/C1=N\C(C)(C)C. The minimum Gasteiger partial charge on any atom is -0.344 e. The predicted molar refractivity (Wildman–Crippen MR) is 103 cm³/mol. The molecule has 3 nitrogen and oxygen atoms in total. The van der Waals surface area contributed by atoms with Crippen molar-refractivity contribution in [2.45, 2.75) is 86.6 Å². The Balaban J connectivity index is 2.56. The molecule has 1 rings (SSSR count). The molecule has 0 saturated carbocycles. The molecule has 0 spiro atoms. The van der Waals surface area contributed by atoms with Gasteiger partial charge in [0.05, 0.1) is 5.54 Å². The predicted octanol–water partition coefficient (Wildman–Crippen LogP) is 5.02. The Morgan fingerprint density at radius 3 is 2.09 bits per heavy atom. The average Bonchev–Trinajstić information content (AvgIpc) is 2.68. The quantitative estimate of drug-likeness (QED) is 0.655. The summed E-state index contributed by atoms with van der Waals surface area (Å²) in [6, 6.07) is 0. The lowest BCUT2D eigenvalue weighted by Gasteiger charge is -2.35. The molecule has 1 fully saturated rings. The third-order valence-electron chi connectivity index (χ3n) is 4.96. The van der Waals surface area contributed by atoms with Crippen molar-refractivity contribution in [3.63, 3.8) is 0 Å². The van der Waals surface area contributed by atoms with Crippen molar-refractivity contribution in [2.24, 2.45) is 15.8 Å². The second-order valence-electron chi connectivity index (χ2n) is 9.95. The summed E-state index contributed by atoms with van der Waals surface area (Å²) < 4.78 is 0. The van der Waals surface area contributed by atoms with E-state index in [4.69, 9.17) is 4.99 Å². The molecule has 1 saturated heterocycles. The second kappa shape index (κ2) is 7.44. The van der Waals surface area contributed by atoms with Crippen LogP contribution in [-0.4, -0.2) is 48.0 Å². The van der Waals surface area contributed by atoms with Gasteiger partial charge in [0.2, 0.25) is 0 Å². The van der Waals surface area contributed by atoms with Crippen LogP contribution in [0.15, 0.2) is 4.99 Å². The maximum atomic E-state index is 4.93. The highest BCUT2D eigenvalue weighted by Gasteiger charge is 2.29. The van der Waals surface area contributed by atoms with Crippen LogP contribution in [0.5, 0.6) is 0 Å². The molecule has 3 heteroatoms. The molecule has 0 aromatic carbocycles. The van der Waals surface area contributed by atoms with Crippen LogP contribution in [0.25, 0.3) is 0 Å². The normalized spacial score (nSPS) is 19.1. The van der Waals surface area contributed by atoms with Gasteiger partial charge >= 0.3 is 0 Å². The van der Waals surface area contributed by atoms with Crippen LogP contribution in [0.4, 0.5) is 0 Å². The Labute approximate surface area is 145 Å². The Bertz CT molecular complexity index is 402. The maximum absolute atomic E-state index is 4.93. The van der Waals surface area contributed by atoms with Crippen molar-refractivity contribution in [3.05, 3.63) is 0 Å². The third-order valence-corrected chi connectivity index (χ3v) is 4.96. The van der Waals surface area contributed by atoms with Crippen LogP contribution in [-0.2, 0) is 0 Å². The largest absolute Gasteiger partial charge is 0.344 e. The molecule has 0 unspecified atom stereocenters.